The molecule has 2 unspecified atom stereocenters. The summed E-state index contributed by atoms with van der Waals surface area (Å²) >= 11 is 0. The zero-order valence-corrected chi connectivity index (χ0v) is 3.98. The maximum Gasteiger partial charge on any atom is 0.0704 e. The maximum absolute atomic E-state index is 4.72. The topological polar surface area (TPSA) is 9.23 Å². The van der Waals surface area contributed by atoms with E-state index in [2.05, 4.69) is 14.0 Å². The van der Waals surface area contributed by atoms with E-state index in [1.54, 1.807) is 0 Å². The lowest BCUT2D eigenvalue weighted by Crippen LogP contribution is -1.82. The summed E-state index contributed by atoms with van der Waals surface area (Å²) in [5.74, 6) is 0.780. The van der Waals surface area contributed by atoms with Crippen LogP contribution in [-0.4, -0.2) is 6.10 Å². The number of hydrogen-bond donors (Lipinski definition) is 0. The van der Waals surface area contributed by atoms with Crippen LogP contribution in [-0.2, 0) is 4.74 Å². The van der Waals surface area contributed by atoms with Gasteiger partial charge in [-0.3, -0.25) is 0 Å². The lowest BCUT2D eigenvalue weighted by Gasteiger charge is -1.84. The van der Waals surface area contributed by atoms with Crippen molar-refractivity contribution in [1.82, 2.24) is 0 Å². The molecule has 1 heteroatoms. The van der Waals surface area contributed by atoms with Gasteiger partial charge in [-0.2, -0.15) is 0 Å². The fraction of sp³-hybridized carbons (Fsp3) is 0.800. The van der Waals surface area contributed by atoms with Gasteiger partial charge in [0.1, 0.15) is 0 Å². The van der Waals surface area contributed by atoms with Crippen molar-refractivity contribution in [1.29, 1.82) is 0 Å². The molecule has 1 aliphatic rings. The van der Waals surface area contributed by atoms with Crippen molar-refractivity contribution >= 4 is 0 Å². The normalized spacial score (nSPS) is 43.0. The highest BCUT2D eigenvalue weighted by Crippen LogP contribution is 2.31. The first-order valence-electron chi connectivity index (χ1n) is 2.25. The Balaban J connectivity index is 2.09. The first-order valence-corrected chi connectivity index (χ1v) is 2.25. The van der Waals surface area contributed by atoms with Crippen LogP contribution in [0.5, 0.6) is 0 Å². The average Bonchev–Trinajstić information content (AvgIpc) is 2.19. The second-order valence-corrected chi connectivity index (χ2v) is 1.92. The van der Waals surface area contributed by atoms with Crippen LogP contribution in [0.3, 0.4) is 0 Å². The van der Waals surface area contributed by atoms with Gasteiger partial charge in [-0.25, -0.2) is 0 Å². The summed E-state index contributed by atoms with van der Waals surface area (Å²) in [5.41, 5.74) is 0. The zero-order valence-electron chi connectivity index (χ0n) is 3.98. The Kier molecular flexibility index (Phi) is 0.845. The Labute approximate surface area is 38.3 Å². The number of ether oxygens (including phenoxy) is 1. The molecule has 0 aliphatic heterocycles. The van der Waals surface area contributed by atoms with Gasteiger partial charge in [0.25, 0.3) is 0 Å². The highest BCUT2D eigenvalue weighted by atomic mass is 16.5. The Morgan fingerprint density at radius 2 is 2.33 bits per heavy atom. The third-order valence-corrected chi connectivity index (χ3v) is 1.25. The minimum Gasteiger partial charge on any atom is -0.376 e. The van der Waals surface area contributed by atoms with Gasteiger partial charge >= 0.3 is 0 Å². The molecule has 0 bridgehead atoms. The molecule has 1 nitrogen and oxygen atoms in total. The number of rotatable bonds is 1. The SMILES string of the molecule is [CH2]OC1CC1C. The molecule has 0 saturated heterocycles. The highest BCUT2D eigenvalue weighted by Gasteiger charge is 2.32. The fourth-order valence-electron chi connectivity index (χ4n) is 0.520. The summed E-state index contributed by atoms with van der Waals surface area (Å²) in [7, 11) is 3.30. The molecule has 0 spiro atoms. The molecule has 0 N–H and O–H groups in total. The molecule has 0 aromatic heterocycles. The van der Waals surface area contributed by atoms with Gasteiger partial charge in [0, 0.05) is 0 Å². The average molecular weight is 85.1 g/mol. The summed E-state index contributed by atoms with van der Waals surface area (Å²) < 4.78 is 4.72. The largest absolute Gasteiger partial charge is 0.376 e. The summed E-state index contributed by atoms with van der Waals surface area (Å²) in [6.45, 7) is 2.16. The molecule has 2 atom stereocenters. The van der Waals surface area contributed by atoms with E-state index in [4.69, 9.17) is 4.74 Å². The number of hydrogen-bond acceptors (Lipinski definition) is 1. The van der Waals surface area contributed by atoms with Crippen molar-refractivity contribution in [3.8, 4) is 0 Å². The van der Waals surface area contributed by atoms with Crippen molar-refractivity contribution in [2.45, 2.75) is 19.4 Å². The highest BCUT2D eigenvalue weighted by molar-refractivity contribution is 4.82. The molecule has 1 radical (unpaired) electrons. The molecular weight excluding hydrogens is 76.1 g/mol. The van der Waals surface area contributed by atoms with Crippen LogP contribution >= 0.6 is 0 Å². The molecule has 1 fully saturated rings. The first kappa shape index (κ1) is 4.13. The predicted octanol–water partition coefficient (Wildman–Crippen LogP) is 1.20. The van der Waals surface area contributed by atoms with E-state index >= 15 is 0 Å². The van der Waals surface area contributed by atoms with E-state index in [0.717, 1.165) is 5.92 Å². The predicted molar refractivity (Wildman–Crippen MR) is 24.0 cm³/mol. The molecule has 0 heterocycles. The summed E-state index contributed by atoms with van der Waals surface area (Å²) in [5, 5.41) is 0. The van der Waals surface area contributed by atoms with Crippen LogP contribution in [0.1, 0.15) is 13.3 Å². The van der Waals surface area contributed by atoms with Crippen molar-refractivity contribution in [2.75, 3.05) is 0 Å². The van der Waals surface area contributed by atoms with Gasteiger partial charge in [0.15, 0.2) is 0 Å². The third-order valence-electron chi connectivity index (χ3n) is 1.25. The summed E-state index contributed by atoms with van der Waals surface area (Å²) in [4.78, 5) is 0. The molecule has 1 saturated carbocycles. The Morgan fingerprint density at radius 1 is 1.83 bits per heavy atom. The van der Waals surface area contributed by atoms with Gasteiger partial charge in [0.05, 0.1) is 13.2 Å². The van der Waals surface area contributed by atoms with E-state index in [1.165, 1.54) is 6.42 Å². The van der Waals surface area contributed by atoms with Crippen molar-refractivity contribution < 1.29 is 4.74 Å². The third kappa shape index (κ3) is 0.548. The van der Waals surface area contributed by atoms with Crippen molar-refractivity contribution in [3.05, 3.63) is 7.11 Å². The second kappa shape index (κ2) is 1.23. The molecule has 0 aromatic carbocycles. The van der Waals surface area contributed by atoms with E-state index < -0.39 is 0 Å². The Morgan fingerprint density at radius 3 is 2.33 bits per heavy atom. The van der Waals surface area contributed by atoms with E-state index in [1.807, 2.05) is 0 Å². The van der Waals surface area contributed by atoms with Crippen molar-refractivity contribution in [2.24, 2.45) is 5.92 Å². The van der Waals surface area contributed by atoms with Crippen LogP contribution in [0.4, 0.5) is 0 Å². The maximum atomic E-state index is 4.72. The standard InChI is InChI=1S/C5H9O/c1-4-3-5(4)6-2/h4-5H,2-3H2,1H3. The first-order chi connectivity index (χ1) is 2.84. The monoisotopic (exact) mass is 85.1 g/mol. The fourth-order valence-corrected chi connectivity index (χ4v) is 0.520. The lowest BCUT2D eigenvalue weighted by atomic mass is 10.5. The van der Waals surface area contributed by atoms with Crippen LogP contribution < -0.4 is 0 Å². The Bertz CT molecular complexity index is 49.9. The van der Waals surface area contributed by atoms with Crippen LogP contribution in [0.15, 0.2) is 0 Å². The van der Waals surface area contributed by atoms with E-state index in [-0.39, 0.29) is 0 Å². The summed E-state index contributed by atoms with van der Waals surface area (Å²) in [6.07, 6.45) is 1.70. The second-order valence-electron chi connectivity index (χ2n) is 1.92. The van der Waals surface area contributed by atoms with Gasteiger partial charge in [-0.15, -0.1) is 0 Å². The molecule has 0 amide bonds. The Hall–Kier alpha value is -0.0400. The van der Waals surface area contributed by atoms with Crippen molar-refractivity contribution in [3.63, 3.8) is 0 Å². The van der Waals surface area contributed by atoms with Gasteiger partial charge in [-0.1, -0.05) is 6.92 Å². The van der Waals surface area contributed by atoms with Gasteiger partial charge in [0.2, 0.25) is 0 Å². The van der Waals surface area contributed by atoms with E-state index in [9.17, 15) is 0 Å². The zero-order chi connectivity index (χ0) is 4.57. The minimum atomic E-state index is 0.491. The molecule has 0 aromatic rings. The van der Waals surface area contributed by atoms with Gasteiger partial charge < -0.3 is 4.74 Å². The molecule has 6 heavy (non-hydrogen) atoms. The smallest absolute Gasteiger partial charge is 0.0704 e. The molecule has 35 valence electrons. The molecule has 1 aliphatic carbocycles. The van der Waals surface area contributed by atoms with Crippen LogP contribution in [0.25, 0.3) is 0 Å². The quantitative estimate of drug-likeness (QED) is 0.465. The van der Waals surface area contributed by atoms with E-state index in [0.29, 0.717) is 6.10 Å². The molecular formula is C5H9O. The minimum absolute atomic E-state index is 0.491. The van der Waals surface area contributed by atoms with Gasteiger partial charge in [-0.05, 0) is 12.3 Å². The van der Waals surface area contributed by atoms with Crippen LogP contribution in [0, 0.1) is 13.0 Å². The summed E-state index contributed by atoms with van der Waals surface area (Å²) in [6, 6.07) is 0. The lowest BCUT2D eigenvalue weighted by molar-refractivity contribution is 0.214. The van der Waals surface area contributed by atoms with Crippen LogP contribution in [0.2, 0.25) is 0 Å². The molecule has 1 rings (SSSR count).